The number of benzene rings is 3. The van der Waals surface area contributed by atoms with Crippen molar-refractivity contribution >= 4 is 38.9 Å². The Morgan fingerprint density at radius 3 is 2.29 bits per heavy atom. The molecule has 0 radical (unpaired) electrons. The van der Waals surface area contributed by atoms with Gasteiger partial charge in [-0.15, -0.1) is 0 Å². The van der Waals surface area contributed by atoms with Gasteiger partial charge in [0.15, 0.2) is 0 Å². The Bertz CT molecular complexity index is 1250. The highest BCUT2D eigenvalue weighted by molar-refractivity contribution is 7.92. The summed E-state index contributed by atoms with van der Waals surface area (Å²) < 4.78 is 28.3. The number of amides is 1. The van der Waals surface area contributed by atoms with Gasteiger partial charge in [-0.1, -0.05) is 41.4 Å². The molecule has 3 aromatic rings. The Labute approximate surface area is 206 Å². The van der Waals surface area contributed by atoms with Gasteiger partial charge < -0.3 is 10.2 Å². The summed E-state index contributed by atoms with van der Waals surface area (Å²) in [6.45, 7) is 4.42. The number of carbonyl (C=O) groups is 1. The van der Waals surface area contributed by atoms with Crippen LogP contribution in [0.2, 0.25) is 5.02 Å². The van der Waals surface area contributed by atoms with Gasteiger partial charge in [-0.3, -0.25) is 9.52 Å². The first-order chi connectivity index (χ1) is 16.3. The second-order valence-corrected chi connectivity index (χ2v) is 10.6. The molecule has 0 unspecified atom stereocenters. The molecule has 0 spiro atoms. The number of aryl methyl sites for hydroxylation is 1. The van der Waals surface area contributed by atoms with E-state index in [0.29, 0.717) is 12.2 Å². The summed E-state index contributed by atoms with van der Waals surface area (Å²) in [5.74, 6) is -0.372. The van der Waals surface area contributed by atoms with Crippen LogP contribution in [0.1, 0.15) is 40.7 Å². The number of anilines is 2. The fourth-order valence-electron chi connectivity index (χ4n) is 3.94. The zero-order chi connectivity index (χ0) is 24.1. The van der Waals surface area contributed by atoms with Crippen LogP contribution in [-0.2, 0) is 16.6 Å². The Morgan fingerprint density at radius 1 is 0.941 bits per heavy atom. The molecular formula is C26H28ClN3O3S. The second kappa shape index (κ2) is 10.5. The van der Waals surface area contributed by atoms with Crippen molar-refractivity contribution in [3.8, 4) is 0 Å². The van der Waals surface area contributed by atoms with Crippen molar-refractivity contribution in [3.63, 3.8) is 0 Å². The van der Waals surface area contributed by atoms with E-state index in [9.17, 15) is 13.2 Å². The third kappa shape index (κ3) is 5.90. The van der Waals surface area contributed by atoms with E-state index < -0.39 is 10.0 Å². The van der Waals surface area contributed by atoms with Gasteiger partial charge in [0, 0.05) is 36.6 Å². The molecule has 8 heteroatoms. The summed E-state index contributed by atoms with van der Waals surface area (Å²) in [6.07, 6.45) is 3.73. The van der Waals surface area contributed by atoms with Crippen LogP contribution in [0, 0.1) is 6.92 Å². The summed E-state index contributed by atoms with van der Waals surface area (Å²) in [6, 6.07) is 19.4. The van der Waals surface area contributed by atoms with Crippen molar-refractivity contribution in [1.29, 1.82) is 0 Å². The third-order valence-electron chi connectivity index (χ3n) is 5.90. The summed E-state index contributed by atoms with van der Waals surface area (Å²) in [4.78, 5) is 15.0. The van der Waals surface area contributed by atoms with E-state index in [0.717, 1.165) is 24.2 Å². The molecule has 6 nitrogen and oxygen atoms in total. The lowest BCUT2D eigenvalue weighted by Crippen LogP contribution is -2.29. The van der Waals surface area contributed by atoms with Crippen LogP contribution in [0.3, 0.4) is 0 Å². The van der Waals surface area contributed by atoms with Gasteiger partial charge in [0.2, 0.25) is 0 Å². The highest BCUT2D eigenvalue weighted by Gasteiger charge is 2.20. The summed E-state index contributed by atoms with van der Waals surface area (Å²) in [5, 5.41) is 2.90. The molecule has 1 amide bonds. The highest BCUT2D eigenvalue weighted by Crippen LogP contribution is 2.25. The number of carbonyl (C=O) groups excluding carboxylic acids is 1. The highest BCUT2D eigenvalue weighted by atomic mass is 35.5. The molecule has 1 heterocycles. The van der Waals surface area contributed by atoms with Crippen LogP contribution >= 0.6 is 11.6 Å². The van der Waals surface area contributed by atoms with E-state index in [1.807, 2.05) is 31.2 Å². The zero-order valence-electron chi connectivity index (χ0n) is 19.1. The summed E-state index contributed by atoms with van der Waals surface area (Å²) in [5.41, 5.74) is 3.82. The van der Waals surface area contributed by atoms with E-state index in [1.165, 1.54) is 43.1 Å². The minimum atomic E-state index is -3.96. The molecule has 1 aliphatic heterocycles. The quantitative estimate of drug-likeness (QED) is 0.460. The molecule has 0 atom stereocenters. The molecule has 0 aliphatic carbocycles. The number of hydrogen-bond acceptors (Lipinski definition) is 4. The van der Waals surface area contributed by atoms with Gasteiger partial charge in [0.1, 0.15) is 4.90 Å². The molecule has 1 fully saturated rings. The minimum Gasteiger partial charge on any atom is -0.372 e. The standard InChI is InChI=1S/C26H28ClN3O3S/c1-19-5-10-22(11-6-19)29-34(32,33)25-17-21(9-14-24(25)27)26(31)28-18-20-7-12-23(13-8-20)30-15-3-2-4-16-30/h5-14,17,29H,2-4,15-16,18H2,1H3,(H,28,31). The lowest BCUT2D eigenvalue weighted by molar-refractivity contribution is 0.0950. The van der Waals surface area contributed by atoms with E-state index in [2.05, 4.69) is 27.1 Å². The van der Waals surface area contributed by atoms with Crippen LogP contribution in [0.4, 0.5) is 11.4 Å². The van der Waals surface area contributed by atoms with Crippen molar-refractivity contribution in [3.05, 3.63) is 88.4 Å². The SMILES string of the molecule is Cc1ccc(NS(=O)(=O)c2cc(C(=O)NCc3ccc(N4CCCCC4)cc3)ccc2Cl)cc1. The molecular weight excluding hydrogens is 470 g/mol. The van der Waals surface area contributed by atoms with Gasteiger partial charge in [0.25, 0.3) is 15.9 Å². The maximum absolute atomic E-state index is 12.9. The molecule has 1 aliphatic rings. The van der Waals surface area contributed by atoms with Gasteiger partial charge in [-0.25, -0.2) is 8.42 Å². The molecule has 1 saturated heterocycles. The first-order valence-corrected chi connectivity index (χ1v) is 13.2. The second-order valence-electron chi connectivity index (χ2n) is 8.51. The average molecular weight is 498 g/mol. The number of rotatable bonds is 7. The molecule has 2 N–H and O–H groups in total. The maximum Gasteiger partial charge on any atom is 0.263 e. The minimum absolute atomic E-state index is 0.0458. The number of halogens is 1. The predicted molar refractivity (Wildman–Crippen MR) is 137 cm³/mol. The number of sulfonamides is 1. The summed E-state index contributed by atoms with van der Waals surface area (Å²) >= 11 is 6.17. The van der Waals surface area contributed by atoms with Crippen molar-refractivity contribution in [1.82, 2.24) is 5.32 Å². The van der Waals surface area contributed by atoms with E-state index in [-0.39, 0.29) is 21.4 Å². The average Bonchev–Trinajstić information content (AvgIpc) is 2.85. The molecule has 0 saturated carbocycles. The number of nitrogens with zero attached hydrogens (tertiary/aromatic N) is 1. The monoisotopic (exact) mass is 497 g/mol. The fraction of sp³-hybridized carbons (Fsp3) is 0.269. The lowest BCUT2D eigenvalue weighted by atomic mass is 10.1. The van der Waals surface area contributed by atoms with Crippen LogP contribution in [0.5, 0.6) is 0 Å². The zero-order valence-corrected chi connectivity index (χ0v) is 20.6. The van der Waals surface area contributed by atoms with E-state index in [4.69, 9.17) is 11.6 Å². The number of nitrogens with one attached hydrogen (secondary N) is 2. The Morgan fingerprint density at radius 2 is 1.62 bits per heavy atom. The smallest absolute Gasteiger partial charge is 0.263 e. The molecule has 4 rings (SSSR count). The first-order valence-electron chi connectivity index (χ1n) is 11.3. The lowest BCUT2D eigenvalue weighted by Gasteiger charge is -2.28. The number of piperidine rings is 1. The topological polar surface area (TPSA) is 78.5 Å². The van der Waals surface area contributed by atoms with Crippen molar-refractivity contribution in [2.45, 2.75) is 37.6 Å². The number of hydrogen-bond donors (Lipinski definition) is 2. The normalized spacial score (nSPS) is 14.0. The Hall–Kier alpha value is -3.03. The van der Waals surface area contributed by atoms with Crippen LogP contribution in [0.25, 0.3) is 0 Å². The van der Waals surface area contributed by atoms with Gasteiger partial charge in [-0.2, -0.15) is 0 Å². The Balaban J connectivity index is 1.42. The molecule has 0 aromatic heterocycles. The van der Waals surface area contributed by atoms with Crippen LogP contribution < -0.4 is 14.9 Å². The summed E-state index contributed by atoms with van der Waals surface area (Å²) in [7, 11) is -3.96. The molecule has 0 bridgehead atoms. The van der Waals surface area contributed by atoms with Crippen molar-refractivity contribution < 1.29 is 13.2 Å². The molecule has 178 valence electrons. The Kier molecular flexibility index (Phi) is 7.44. The van der Waals surface area contributed by atoms with E-state index >= 15 is 0 Å². The van der Waals surface area contributed by atoms with Crippen LogP contribution in [-0.4, -0.2) is 27.4 Å². The van der Waals surface area contributed by atoms with Gasteiger partial charge >= 0.3 is 0 Å². The first kappa shape index (κ1) is 24.1. The molecule has 3 aromatic carbocycles. The van der Waals surface area contributed by atoms with E-state index in [1.54, 1.807) is 12.1 Å². The third-order valence-corrected chi connectivity index (χ3v) is 7.76. The maximum atomic E-state index is 12.9. The predicted octanol–water partition coefficient (Wildman–Crippen LogP) is 5.37. The van der Waals surface area contributed by atoms with Crippen molar-refractivity contribution in [2.75, 3.05) is 22.7 Å². The van der Waals surface area contributed by atoms with Crippen molar-refractivity contribution in [2.24, 2.45) is 0 Å². The van der Waals surface area contributed by atoms with Crippen LogP contribution in [0.15, 0.2) is 71.6 Å². The largest absolute Gasteiger partial charge is 0.372 e. The molecule has 34 heavy (non-hydrogen) atoms. The van der Waals surface area contributed by atoms with Gasteiger partial charge in [-0.05, 0) is 74.2 Å². The fourth-order valence-corrected chi connectivity index (χ4v) is 5.53. The van der Waals surface area contributed by atoms with Gasteiger partial charge in [0.05, 0.1) is 5.02 Å².